The molecule has 6 heteroatoms. The number of nitrogens with zero attached hydrogens (tertiary/aromatic N) is 1. The highest BCUT2D eigenvalue weighted by molar-refractivity contribution is 6.30. The predicted octanol–water partition coefficient (Wildman–Crippen LogP) is 6.09. The molecule has 2 saturated carbocycles. The van der Waals surface area contributed by atoms with Crippen molar-refractivity contribution in [2.24, 2.45) is 17.8 Å². The third-order valence-electron chi connectivity index (χ3n) is 8.70. The summed E-state index contributed by atoms with van der Waals surface area (Å²) in [5.41, 5.74) is -0.0519. The van der Waals surface area contributed by atoms with Crippen molar-refractivity contribution in [3.05, 3.63) is 34.9 Å². The van der Waals surface area contributed by atoms with Crippen molar-refractivity contribution in [2.45, 2.75) is 95.1 Å². The first-order valence-corrected chi connectivity index (χ1v) is 14.5. The average Bonchev–Trinajstić information content (AvgIpc) is 3.69. The molecule has 3 aliphatic rings. The van der Waals surface area contributed by atoms with Gasteiger partial charge in [-0.05, 0) is 68.7 Å². The van der Waals surface area contributed by atoms with Crippen molar-refractivity contribution in [3.8, 4) is 0 Å². The first-order chi connectivity index (χ1) is 17.0. The van der Waals surface area contributed by atoms with E-state index in [1.165, 1.54) is 51.4 Å². The molecule has 4 rings (SSSR count). The maximum atomic E-state index is 13.4. The van der Waals surface area contributed by atoms with Crippen LogP contribution in [-0.2, 0) is 5.60 Å². The second-order valence-electron chi connectivity index (χ2n) is 11.5. The molecule has 2 aliphatic carbocycles. The largest absolute Gasteiger partial charge is 0.385 e. The minimum atomic E-state index is -0.953. The number of urea groups is 1. The minimum absolute atomic E-state index is 0.0146. The Labute approximate surface area is 217 Å². The average molecular weight is 504 g/mol. The molecule has 35 heavy (non-hydrogen) atoms. The number of hydrogen-bond donors (Lipinski definition) is 3. The summed E-state index contributed by atoms with van der Waals surface area (Å²) in [4.78, 5) is 15.3. The molecule has 0 aromatic heterocycles. The Morgan fingerprint density at radius 1 is 1.14 bits per heavy atom. The molecule has 3 N–H and O–H groups in total. The van der Waals surface area contributed by atoms with Gasteiger partial charge in [-0.1, -0.05) is 75.1 Å². The Morgan fingerprint density at radius 2 is 1.94 bits per heavy atom. The number of hydrogen-bond acceptors (Lipinski definition) is 3. The molecule has 3 atom stereocenters. The number of carbonyl (C=O) groups is 1. The van der Waals surface area contributed by atoms with E-state index in [1.807, 2.05) is 36.2 Å². The zero-order valence-electron chi connectivity index (χ0n) is 21.6. The number of nitrogens with one attached hydrogen (secondary N) is 2. The molecule has 3 unspecified atom stereocenters. The number of piperidine rings is 1. The molecule has 3 fully saturated rings. The van der Waals surface area contributed by atoms with Crippen LogP contribution in [0, 0.1) is 17.8 Å². The van der Waals surface area contributed by atoms with E-state index in [-0.39, 0.29) is 18.0 Å². The summed E-state index contributed by atoms with van der Waals surface area (Å²) >= 11 is 6.34. The van der Waals surface area contributed by atoms with Crippen LogP contribution in [-0.4, -0.2) is 48.8 Å². The molecule has 1 saturated heterocycles. The summed E-state index contributed by atoms with van der Waals surface area (Å²) in [6.45, 7) is 2.15. The lowest BCUT2D eigenvalue weighted by Crippen LogP contribution is -2.54. The monoisotopic (exact) mass is 503 g/mol. The molecule has 2 amide bonds. The molecule has 1 heterocycles. The highest BCUT2D eigenvalue weighted by Gasteiger charge is 2.41. The van der Waals surface area contributed by atoms with Crippen LogP contribution in [0.4, 0.5) is 4.79 Å². The maximum Gasteiger partial charge on any atom is 0.317 e. The lowest BCUT2D eigenvalue weighted by Gasteiger charge is -2.43. The zero-order chi connectivity index (χ0) is 24.7. The lowest BCUT2D eigenvalue weighted by molar-refractivity contribution is -0.0559. The summed E-state index contributed by atoms with van der Waals surface area (Å²) in [6, 6.07) is 7.91. The summed E-state index contributed by atoms with van der Waals surface area (Å²) in [5, 5.41) is 19.4. The Hall–Kier alpha value is -1.30. The van der Waals surface area contributed by atoms with E-state index in [0.717, 1.165) is 62.6 Å². The molecule has 1 aliphatic heterocycles. The van der Waals surface area contributed by atoms with Gasteiger partial charge < -0.3 is 20.6 Å². The molecule has 5 nitrogen and oxygen atoms in total. The normalized spacial score (nSPS) is 24.1. The summed E-state index contributed by atoms with van der Waals surface area (Å²) in [7, 11) is 1.96. The summed E-state index contributed by atoms with van der Waals surface area (Å²) < 4.78 is 0. The van der Waals surface area contributed by atoms with Gasteiger partial charge in [-0.25, -0.2) is 4.79 Å². The highest BCUT2D eigenvalue weighted by Crippen LogP contribution is 2.42. The number of likely N-dealkylation sites (tertiary alicyclic amines) is 1. The number of amides is 2. The summed E-state index contributed by atoms with van der Waals surface area (Å²) in [5.74, 6) is 1.58. The van der Waals surface area contributed by atoms with E-state index in [2.05, 4.69) is 10.6 Å². The van der Waals surface area contributed by atoms with Gasteiger partial charge in [0.25, 0.3) is 0 Å². The van der Waals surface area contributed by atoms with Gasteiger partial charge in [-0.2, -0.15) is 0 Å². The molecule has 0 radical (unpaired) electrons. The van der Waals surface area contributed by atoms with Crippen molar-refractivity contribution < 1.29 is 9.90 Å². The number of aliphatic hydroxyl groups is 1. The van der Waals surface area contributed by atoms with Gasteiger partial charge in [0.05, 0.1) is 5.60 Å². The first-order valence-electron chi connectivity index (χ1n) is 14.2. The van der Waals surface area contributed by atoms with Crippen molar-refractivity contribution in [2.75, 3.05) is 26.7 Å². The SMILES string of the molecule is CNCC(CC1CCCCC1)NC(=O)N1CCCC(C(O)(CCCC2CC2)c2cccc(Cl)c2)C1. The van der Waals surface area contributed by atoms with E-state index < -0.39 is 5.60 Å². The van der Waals surface area contributed by atoms with Crippen LogP contribution in [0.1, 0.15) is 89.0 Å². The highest BCUT2D eigenvalue weighted by atomic mass is 35.5. The van der Waals surface area contributed by atoms with Gasteiger partial charge in [0, 0.05) is 36.6 Å². The molecule has 196 valence electrons. The van der Waals surface area contributed by atoms with E-state index in [4.69, 9.17) is 11.6 Å². The lowest BCUT2D eigenvalue weighted by atomic mass is 9.74. The number of likely N-dealkylation sites (N-methyl/N-ethyl adjacent to an activating group) is 1. The Morgan fingerprint density at radius 3 is 2.66 bits per heavy atom. The Bertz CT molecular complexity index is 811. The van der Waals surface area contributed by atoms with E-state index >= 15 is 0 Å². The van der Waals surface area contributed by atoms with E-state index in [0.29, 0.717) is 11.6 Å². The summed E-state index contributed by atoms with van der Waals surface area (Å²) in [6.07, 6.45) is 15.1. The Balaban J connectivity index is 1.41. The third-order valence-corrected chi connectivity index (χ3v) is 8.93. The zero-order valence-corrected chi connectivity index (χ0v) is 22.4. The van der Waals surface area contributed by atoms with Gasteiger partial charge >= 0.3 is 6.03 Å². The van der Waals surface area contributed by atoms with E-state index in [9.17, 15) is 9.90 Å². The molecule has 0 bridgehead atoms. The fraction of sp³-hybridized carbons (Fsp3) is 0.759. The number of benzene rings is 1. The van der Waals surface area contributed by atoms with Crippen LogP contribution >= 0.6 is 11.6 Å². The molecule has 0 spiro atoms. The standard InChI is InChI=1S/C29H46ClN3O2/c1-31-20-27(18-23-8-3-2-4-9-23)32-28(34)33-17-7-12-25(21-33)29(35,16-6-10-22-14-15-22)24-11-5-13-26(30)19-24/h5,11,13,19,22-23,25,27,31,35H,2-4,6-10,12,14-18,20-21H2,1H3,(H,32,34). The van der Waals surface area contributed by atoms with Crippen LogP contribution in [0.25, 0.3) is 0 Å². The van der Waals surface area contributed by atoms with Gasteiger partial charge in [0.15, 0.2) is 0 Å². The van der Waals surface area contributed by atoms with Crippen LogP contribution in [0.2, 0.25) is 5.02 Å². The van der Waals surface area contributed by atoms with Crippen LogP contribution in [0.5, 0.6) is 0 Å². The van der Waals surface area contributed by atoms with Crippen LogP contribution < -0.4 is 10.6 Å². The number of carbonyl (C=O) groups excluding carboxylic acids is 1. The van der Waals surface area contributed by atoms with Gasteiger partial charge in [-0.15, -0.1) is 0 Å². The molecule has 1 aromatic rings. The number of rotatable bonds is 11. The van der Waals surface area contributed by atoms with Gasteiger partial charge in [0.1, 0.15) is 0 Å². The first kappa shape index (κ1) is 26.8. The fourth-order valence-electron chi connectivity index (χ4n) is 6.49. The van der Waals surface area contributed by atoms with Crippen LogP contribution in [0.3, 0.4) is 0 Å². The van der Waals surface area contributed by atoms with E-state index in [1.54, 1.807) is 0 Å². The molecule has 1 aromatic carbocycles. The smallest absolute Gasteiger partial charge is 0.317 e. The maximum absolute atomic E-state index is 13.4. The van der Waals surface area contributed by atoms with Crippen molar-refractivity contribution in [1.29, 1.82) is 0 Å². The van der Waals surface area contributed by atoms with Crippen molar-refractivity contribution in [1.82, 2.24) is 15.5 Å². The van der Waals surface area contributed by atoms with Gasteiger partial charge in [0.2, 0.25) is 0 Å². The predicted molar refractivity (Wildman–Crippen MR) is 144 cm³/mol. The van der Waals surface area contributed by atoms with Crippen LogP contribution in [0.15, 0.2) is 24.3 Å². The Kier molecular flexibility index (Phi) is 9.77. The minimum Gasteiger partial charge on any atom is -0.385 e. The number of halogens is 1. The van der Waals surface area contributed by atoms with Crippen molar-refractivity contribution >= 4 is 17.6 Å². The molecular formula is C29H46ClN3O2. The second kappa shape index (κ2) is 12.8. The quantitative estimate of drug-likeness (QED) is 0.342. The van der Waals surface area contributed by atoms with Gasteiger partial charge in [-0.3, -0.25) is 0 Å². The second-order valence-corrected chi connectivity index (χ2v) is 11.9. The fourth-order valence-corrected chi connectivity index (χ4v) is 6.68. The third kappa shape index (κ3) is 7.60. The van der Waals surface area contributed by atoms with Crippen molar-refractivity contribution in [3.63, 3.8) is 0 Å². The molecular weight excluding hydrogens is 458 g/mol. The topological polar surface area (TPSA) is 64.6 Å².